The maximum atomic E-state index is 12.3. The first kappa shape index (κ1) is 13.1. The molecule has 1 saturated carbocycles. The van der Waals surface area contributed by atoms with Gasteiger partial charge in [0.25, 0.3) is 5.91 Å². The summed E-state index contributed by atoms with van der Waals surface area (Å²) in [5.41, 5.74) is 2.33. The first-order valence-electron chi connectivity index (χ1n) is 6.73. The monoisotopic (exact) mass is 245 g/mol. The van der Waals surface area contributed by atoms with Gasteiger partial charge in [-0.25, -0.2) is 0 Å². The van der Waals surface area contributed by atoms with Crippen LogP contribution in [0.25, 0.3) is 0 Å². The highest BCUT2D eigenvalue weighted by Crippen LogP contribution is 2.27. The Bertz CT molecular complexity index is 441. The number of amides is 1. The second-order valence-electron chi connectivity index (χ2n) is 6.59. The predicted molar refractivity (Wildman–Crippen MR) is 74.7 cm³/mol. The molecule has 1 aliphatic rings. The Morgan fingerprint density at radius 1 is 1.33 bits per heavy atom. The minimum atomic E-state index is 0.160. The third-order valence-electron chi connectivity index (χ3n) is 3.32. The Kier molecular flexibility index (Phi) is 3.47. The lowest BCUT2D eigenvalue weighted by Gasteiger charge is -2.20. The first-order valence-corrected chi connectivity index (χ1v) is 6.73. The van der Waals surface area contributed by atoms with E-state index < -0.39 is 0 Å². The average molecular weight is 245 g/mol. The van der Waals surface area contributed by atoms with E-state index in [0.29, 0.717) is 6.04 Å². The van der Waals surface area contributed by atoms with Gasteiger partial charge < -0.3 is 4.90 Å². The zero-order valence-corrected chi connectivity index (χ0v) is 11.9. The van der Waals surface area contributed by atoms with Gasteiger partial charge in [-0.3, -0.25) is 4.79 Å². The Labute approximate surface area is 110 Å². The van der Waals surface area contributed by atoms with Gasteiger partial charge in [0.1, 0.15) is 0 Å². The molecule has 0 N–H and O–H groups in total. The molecule has 0 spiro atoms. The van der Waals surface area contributed by atoms with E-state index in [1.54, 1.807) is 0 Å². The number of carbonyl (C=O) groups excluding carboxylic acids is 1. The van der Waals surface area contributed by atoms with E-state index >= 15 is 0 Å². The molecular formula is C16H23NO. The number of rotatable bonds is 3. The lowest BCUT2D eigenvalue weighted by atomic mass is 9.87. The molecule has 1 fully saturated rings. The second-order valence-corrected chi connectivity index (χ2v) is 6.59. The molecule has 0 bridgehead atoms. The van der Waals surface area contributed by atoms with E-state index in [1.807, 2.05) is 30.1 Å². The van der Waals surface area contributed by atoms with Gasteiger partial charge in [-0.15, -0.1) is 0 Å². The minimum Gasteiger partial charge on any atom is -0.339 e. The molecule has 2 heteroatoms. The van der Waals surface area contributed by atoms with Crippen molar-refractivity contribution in [3.05, 3.63) is 35.4 Å². The van der Waals surface area contributed by atoms with Gasteiger partial charge >= 0.3 is 0 Å². The Morgan fingerprint density at radius 3 is 2.56 bits per heavy atom. The van der Waals surface area contributed by atoms with Crippen LogP contribution in [-0.4, -0.2) is 23.9 Å². The zero-order valence-electron chi connectivity index (χ0n) is 11.9. The van der Waals surface area contributed by atoms with Crippen molar-refractivity contribution in [2.45, 2.75) is 46.1 Å². The molecule has 98 valence electrons. The number of hydrogen-bond acceptors (Lipinski definition) is 1. The zero-order chi connectivity index (χ0) is 13.3. The van der Waals surface area contributed by atoms with Crippen LogP contribution >= 0.6 is 0 Å². The van der Waals surface area contributed by atoms with Gasteiger partial charge in [0, 0.05) is 18.7 Å². The maximum absolute atomic E-state index is 12.3. The molecule has 1 aromatic carbocycles. The van der Waals surface area contributed by atoms with Crippen molar-refractivity contribution in [3.8, 4) is 0 Å². The SMILES string of the molecule is CN(C(=O)c1cccc(CC(C)(C)C)c1)C1CC1. The van der Waals surface area contributed by atoms with Gasteiger partial charge in [0.15, 0.2) is 0 Å². The van der Waals surface area contributed by atoms with Crippen LogP contribution < -0.4 is 0 Å². The molecule has 0 aliphatic heterocycles. The van der Waals surface area contributed by atoms with Crippen LogP contribution in [-0.2, 0) is 6.42 Å². The van der Waals surface area contributed by atoms with Crippen molar-refractivity contribution in [1.29, 1.82) is 0 Å². The van der Waals surface area contributed by atoms with E-state index in [1.165, 1.54) is 5.56 Å². The van der Waals surface area contributed by atoms with Gasteiger partial charge in [0.05, 0.1) is 0 Å². The first-order chi connectivity index (χ1) is 8.37. The van der Waals surface area contributed by atoms with Crippen LogP contribution in [0.3, 0.4) is 0 Å². The Hall–Kier alpha value is -1.31. The van der Waals surface area contributed by atoms with Gasteiger partial charge in [-0.1, -0.05) is 32.9 Å². The molecule has 0 saturated heterocycles. The molecule has 18 heavy (non-hydrogen) atoms. The normalized spacial score (nSPS) is 15.6. The minimum absolute atomic E-state index is 0.160. The third kappa shape index (κ3) is 3.34. The fourth-order valence-corrected chi connectivity index (χ4v) is 2.26. The smallest absolute Gasteiger partial charge is 0.253 e. The Balaban J connectivity index is 2.13. The van der Waals surface area contributed by atoms with Crippen molar-refractivity contribution in [1.82, 2.24) is 4.90 Å². The van der Waals surface area contributed by atoms with Gasteiger partial charge in [0.2, 0.25) is 0 Å². The summed E-state index contributed by atoms with van der Waals surface area (Å²) in [5.74, 6) is 0.160. The van der Waals surface area contributed by atoms with Crippen molar-refractivity contribution in [3.63, 3.8) is 0 Å². The molecule has 0 unspecified atom stereocenters. The largest absolute Gasteiger partial charge is 0.339 e. The van der Waals surface area contributed by atoms with Crippen molar-refractivity contribution >= 4 is 5.91 Å². The van der Waals surface area contributed by atoms with Crippen molar-refractivity contribution < 1.29 is 4.79 Å². The third-order valence-corrected chi connectivity index (χ3v) is 3.32. The summed E-state index contributed by atoms with van der Waals surface area (Å²) in [6, 6.07) is 8.55. The summed E-state index contributed by atoms with van der Waals surface area (Å²) in [6.07, 6.45) is 3.31. The topological polar surface area (TPSA) is 20.3 Å². The molecule has 0 radical (unpaired) electrons. The van der Waals surface area contributed by atoms with Crippen molar-refractivity contribution in [2.75, 3.05) is 7.05 Å². The highest BCUT2D eigenvalue weighted by Gasteiger charge is 2.30. The lowest BCUT2D eigenvalue weighted by Crippen LogP contribution is -2.28. The predicted octanol–water partition coefficient (Wildman–Crippen LogP) is 3.51. The second kappa shape index (κ2) is 4.75. The van der Waals surface area contributed by atoms with E-state index in [0.717, 1.165) is 24.8 Å². The van der Waals surface area contributed by atoms with E-state index in [2.05, 4.69) is 26.8 Å². The quantitative estimate of drug-likeness (QED) is 0.798. The number of hydrogen-bond donors (Lipinski definition) is 0. The summed E-state index contributed by atoms with van der Waals surface area (Å²) < 4.78 is 0. The fourth-order valence-electron chi connectivity index (χ4n) is 2.26. The molecule has 2 rings (SSSR count). The molecule has 1 aromatic rings. The summed E-state index contributed by atoms with van der Waals surface area (Å²) >= 11 is 0. The van der Waals surface area contributed by atoms with Crippen LogP contribution in [0.4, 0.5) is 0 Å². The standard InChI is InChI=1S/C16H23NO/c1-16(2,3)11-12-6-5-7-13(10-12)15(18)17(4)14-8-9-14/h5-7,10,14H,8-9,11H2,1-4H3. The summed E-state index contributed by atoms with van der Waals surface area (Å²) in [4.78, 5) is 14.2. The number of carbonyl (C=O) groups is 1. The van der Waals surface area contributed by atoms with E-state index in [4.69, 9.17) is 0 Å². The summed E-state index contributed by atoms with van der Waals surface area (Å²) in [6.45, 7) is 6.66. The number of nitrogens with zero attached hydrogens (tertiary/aromatic N) is 1. The van der Waals surface area contributed by atoms with Crippen LogP contribution in [0.2, 0.25) is 0 Å². The van der Waals surface area contributed by atoms with Crippen LogP contribution in [0.1, 0.15) is 49.5 Å². The van der Waals surface area contributed by atoms with Crippen LogP contribution in [0.15, 0.2) is 24.3 Å². The lowest BCUT2D eigenvalue weighted by molar-refractivity contribution is 0.0785. The highest BCUT2D eigenvalue weighted by molar-refractivity contribution is 5.94. The molecular weight excluding hydrogens is 222 g/mol. The van der Waals surface area contributed by atoms with Crippen LogP contribution in [0.5, 0.6) is 0 Å². The molecule has 2 nitrogen and oxygen atoms in total. The van der Waals surface area contributed by atoms with Crippen LogP contribution in [0, 0.1) is 5.41 Å². The molecule has 0 atom stereocenters. The maximum Gasteiger partial charge on any atom is 0.253 e. The van der Waals surface area contributed by atoms with Crippen molar-refractivity contribution in [2.24, 2.45) is 5.41 Å². The summed E-state index contributed by atoms with van der Waals surface area (Å²) in [5, 5.41) is 0. The van der Waals surface area contributed by atoms with E-state index in [-0.39, 0.29) is 11.3 Å². The van der Waals surface area contributed by atoms with Gasteiger partial charge in [-0.2, -0.15) is 0 Å². The van der Waals surface area contributed by atoms with E-state index in [9.17, 15) is 4.79 Å². The summed E-state index contributed by atoms with van der Waals surface area (Å²) in [7, 11) is 1.91. The number of benzene rings is 1. The Morgan fingerprint density at radius 2 is 2.00 bits per heavy atom. The fraction of sp³-hybridized carbons (Fsp3) is 0.562. The molecule has 1 aliphatic carbocycles. The highest BCUT2D eigenvalue weighted by atomic mass is 16.2. The molecule has 0 aromatic heterocycles. The molecule has 1 amide bonds. The molecule has 0 heterocycles. The van der Waals surface area contributed by atoms with Gasteiger partial charge in [-0.05, 0) is 42.4 Å². The average Bonchev–Trinajstić information content (AvgIpc) is 3.09.